The van der Waals surface area contributed by atoms with E-state index < -0.39 is 24.3 Å². The normalized spacial score (nSPS) is 11.0. The molecule has 8 heteroatoms. The van der Waals surface area contributed by atoms with E-state index in [1.165, 1.54) is 42.5 Å². The second-order valence-electron chi connectivity index (χ2n) is 7.18. The smallest absolute Gasteiger partial charge is 0.418 e. The number of amides is 2. The highest BCUT2D eigenvalue weighted by Crippen LogP contribution is 2.34. The second-order valence-corrected chi connectivity index (χ2v) is 7.18. The van der Waals surface area contributed by atoms with Gasteiger partial charge in [-0.2, -0.15) is 13.2 Å². The molecule has 0 aliphatic heterocycles. The Morgan fingerprint density at radius 3 is 2.22 bits per heavy atom. The van der Waals surface area contributed by atoms with E-state index in [1.54, 1.807) is 0 Å². The minimum atomic E-state index is -4.59. The van der Waals surface area contributed by atoms with E-state index in [1.807, 2.05) is 32.0 Å². The summed E-state index contributed by atoms with van der Waals surface area (Å²) in [4.78, 5) is 24.5. The van der Waals surface area contributed by atoms with Crippen molar-refractivity contribution in [2.45, 2.75) is 20.0 Å². The lowest BCUT2D eigenvalue weighted by Gasteiger charge is -2.14. The molecule has 0 saturated carbocycles. The number of carbonyl (C=O) groups excluding carboxylic acids is 2. The van der Waals surface area contributed by atoms with Gasteiger partial charge in [0.1, 0.15) is 5.75 Å². The summed E-state index contributed by atoms with van der Waals surface area (Å²) in [5.41, 5.74) is 1.85. The SMILES string of the molecule is Cc1ccc(NC(=O)c2ccc(OCC(=O)Nc3ccccc3C(F)(F)F)cc2)c(C)c1. The summed E-state index contributed by atoms with van der Waals surface area (Å²) in [5.74, 6) is -0.740. The van der Waals surface area contributed by atoms with Crippen molar-refractivity contribution in [3.8, 4) is 5.75 Å². The number of ether oxygens (including phenoxy) is 1. The summed E-state index contributed by atoms with van der Waals surface area (Å²) >= 11 is 0. The highest BCUT2D eigenvalue weighted by atomic mass is 19.4. The van der Waals surface area contributed by atoms with Gasteiger partial charge in [0.25, 0.3) is 11.8 Å². The molecule has 0 atom stereocenters. The largest absolute Gasteiger partial charge is 0.484 e. The van der Waals surface area contributed by atoms with Gasteiger partial charge in [-0.25, -0.2) is 0 Å². The Hall–Kier alpha value is -3.81. The van der Waals surface area contributed by atoms with E-state index in [9.17, 15) is 22.8 Å². The lowest BCUT2D eigenvalue weighted by Crippen LogP contribution is -2.22. The number of aryl methyl sites for hydroxylation is 2. The topological polar surface area (TPSA) is 67.4 Å². The number of rotatable bonds is 6. The average molecular weight is 442 g/mol. The van der Waals surface area contributed by atoms with Crippen molar-refractivity contribution in [1.82, 2.24) is 0 Å². The molecule has 32 heavy (non-hydrogen) atoms. The molecule has 0 aromatic heterocycles. The minimum Gasteiger partial charge on any atom is -0.484 e. The van der Waals surface area contributed by atoms with Crippen molar-refractivity contribution < 1.29 is 27.5 Å². The molecule has 0 fully saturated rings. The van der Waals surface area contributed by atoms with Crippen molar-refractivity contribution in [1.29, 1.82) is 0 Å². The third-order valence-corrected chi connectivity index (χ3v) is 4.62. The number of halogens is 3. The van der Waals surface area contributed by atoms with Crippen LogP contribution in [0.5, 0.6) is 5.75 Å². The fourth-order valence-electron chi connectivity index (χ4n) is 3.03. The van der Waals surface area contributed by atoms with E-state index in [0.717, 1.165) is 17.2 Å². The van der Waals surface area contributed by atoms with E-state index in [4.69, 9.17) is 4.74 Å². The summed E-state index contributed by atoms with van der Waals surface area (Å²) in [6, 6.07) is 16.5. The van der Waals surface area contributed by atoms with Crippen molar-refractivity contribution >= 4 is 23.2 Å². The molecule has 0 aliphatic carbocycles. The Bertz CT molecular complexity index is 1130. The van der Waals surface area contributed by atoms with Gasteiger partial charge >= 0.3 is 6.18 Å². The van der Waals surface area contributed by atoms with Gasteiger partial charge in [0.15, 0.2) is 6.61 Å². The second kappa shape index (κ2) is 9.55. The third-order valence-electron chi connectivity index (χ3n) is 4.62. The number of benzene rings is 3. The molecule has 3 aromatic rings. The average Bonchev–Trinajstić information content (AvgIpc) is 2.74. The zero-order chi connectivity index (χ0) is 23.3. The summed E-state index contributed by atoms with van der Waals surface area (Å²) < 4.78 is 44.4. The Labute approximate surface area is 183 Å². The fourth-order valence-corrected chi connectivity index (χ4v) is 3.03. The van der Waals surface area contributed by atoms with Gasteiger partial charge in [-0.15, -0.1) is 0 Å². The predicted molar refractivity (Wildman–Crippen MR) is 116 cm³/mol. The number of hydrogen-bond acceptors (Lipinski definition) is 3. The number of nitrogens with one attached hydrogen (secondary N) is 2. The van der Waals surface area contributed by atoms with E-state index in [2.05, 4.69) is 10.6 Å². The molecule has 3 aromatic carbocycles. The minimum absolute atomic E-state index is 0.298. The first-order chi connectivity index (χ1) is 15.1. The van der Waals surface area contributed by atoms with Crippen molar-refractivity contribution in [3.05, 3.63) is 89.0 Å². The van der Waals surface area contributed by atoms with Crippen LogP contribution >= 0.6 is 0 Å². The molecule has 0 heterocycles. The lowest BCUT2D eigenvalue weighted by atomic mass is 10.1. The van der Waals surface area contributed by atoms with Crippen LogP contribution in [0.4, 0.5) is 24.5 Å². The number of carbonyl (C=O) groups is 2. The lowest BCUT2D eigenvalue weighted by molar-refractivity contribution is -0.137. The molecule has 5 nitrogen and oxygen atoms in total. The molecular weight excluding hydrogens is 421 g/mol. The molecule has 166 valence electrons. The molecule has 0 saturated heterocycles. The monoisotopic (exact) mass is 442 g/mol. The van der Waals surface area contributed by atoms with Crippen molar-refractivity contribution in [2.75, 3.05) is 17.2 Å². The van der Waals surface area contributed by atoms with Crippen LogP contribution in [0, 0.1) is 13.8 Å². The number of para-hydroxylation sites is 1. The van der Waals surface area contributed by atoms with Gasteiger partial charge in [0, 0.05) is 11.3 Å². The maximum atomic E-state index is 13.0. The molecule has 0 aliphatic rings. The quantitative estimate of drug-likeness (QED) is 0.523. The number of alkyl halides is 3. The first-order valence-corrected chi connectivity index (χ1v) is 9.71. The van der Waals surface area contributed by atoms with E-state index in [0.29, 0.717) is 17.0 Å². The summed E-state index contributed by atoms with van der Waals surface area (Å²) in [5, 5.41) is 5.04. The zero-order valence-electron chi connectivity index (χ0n) is 17.4. The summed E-state index contributed by atoms with van der Waals surface area (Å²) in [6.45, 7) is 3.38. The molecule has 2 N–H and O–H groups in total. The van der Waals surface area contributed by atoms with Crippen LogP contribution in [0.15, 0.2) is 66.7 Å². The van der Waals surface area contributed by atoms with Gasteiger partial charge in [0.2, 0.25) is 0 Å². The van der Waals surface area contributed by atoms with Crippen LogP contribution in [-0.4, -0.2) is 18.4 Å². The number of hydrogen-bond donors (Lipinski definition) is 2. The standard InChI is InChI=1S/C24H21F3N2O3/c1-15-7-12-20(16(2)13-15)29-23(31)17-8-10-18(11-9-17)32-14-22(30)28-21-6-4-3-5-19(21)24(25,26)27/h3-13H,14H2,1-2H3,(H,28,30)(H,29,31). The van der Waals surface area contributed by atoms with Crippen LogP contribution in [0.25, 0.3) is 0 Å². The van der Waals surface area contributed by atoms with Gasteiger partial charge in [-0.3, -0.25) is 9.59 Å². The van der Waals surface area contributed by atoms with Gasteiger partial charge in [-0.05, 0) is 61.9 Å². The number of anilines is 2. The maximum Gasteiger partial charge on any atom is 0.418 e. The van der Waals surface area contributed by atoms with Gasteiger partial charge < -0.3 is 15.4 Å². The molecule has 0 radical (unpaired) electrons. The Balaban J connectivity index is 1.57. The molecule has 0 unspecified atom stereocenters. The molecule has 2 amide bonds. The molecule has 0 spiro atoms. The zero-order valence-corrected chi connectivity index (χ0v) is 17.4. The van der Waals surface area contributed by atoms with E-state index >= 15 is 0 Å². The van der Waals surface area contributed by atoms with Crippen molar-refractivity contribution in [3.63, 3.8) is 0 Å². The third kappa shape index (κ3) is 5.87. The molecular formula is C24H21F3N2O3. The van der Waals surface area contributed by atoms with Crippen molar-refractivity contribution in [2.24, 2.45) is 0 Å². The summed E-state index contributed by atoms with van der Waals surface area (Å²) in [6.07, 6.45) is -4.59. The van der Waals surface area contributed by atoms with Gasteiger partial charge in [0.05, 0.1) is 11.3 Å². The Morgan fingerprint density at radius 1 is 0.875 bits per heavy atom. The Morgan fingerprint density at radius 2 is 1.56 bits per heavy atom. The van der Waals surface area contributed by atoms with Gasteiger partial charge in [-0.1, -0.05) is 29.8 Å². The van der Waals surface area contributed by atoms with Crippen LogP contribution in [-0.2, 0) is 11.0 Å². The summed E-state index contributed by atoms with van der Waals surface area (Å²) in [7, 11) is 0. The predicted octanol–water partition coefficient (Wildman–Crippen LogP) is 5.59. The molecule has 0 bridgehead atoms. The highest BCUT2D eigenvalue weighted by molar-refractivity contribution is 6.04. The first-order valence-electron chi connectivity index (χ1n) is 9.71. The van der Waals surface area contributed by atoms with Crippen LogP contribution < -0.4 is 15.4 Å². The first kappa shape index (κ1) is 22.9. The van der Waals surface area contributed by atoms with Crippen LogP contribution in [0.1, 0.15) is 27.0 Å². The van der Waals surface area contributed by atoms with Crippen LogP contribution in [0.3, 0.4) is 0 Å². The highest BCUT2D eigenvalue weighted by Gasteiger charge is 2.33. The maximum absolute atomic E-state index is 13.0. The fraction of sp³-hybridized carbons (Fsp3) is 0.167. The van der Waals surface area contributed by atoms with Crippen LogP contribution in [0.2, 0.25) is 0 Å². The van der Waals surface area contributed by atoms with E-state index in [-0.39, 0.29) is 11.6 Å². The molecule has 3 rings (SSSR count). The Kier molecular flexibility index (Phi) is 6.82.